The zero-order chi connectivity index (χ0) is 31.3. The first kappa shape index (κ1) is 30.2. The van der Waals surface area contributed by atoms with Gasteiger partial charge in [-0.15, -0.1) is 11.3 Å². The number of thiazole rings is 1. The number of primary amides is 1. The standard InChI is InChI=1S/C29H26F4N4O5S/c1-4-21-37-23-18(41-3)9-15(10-19(23)43-21)25(38)35-12-28(40,29(31,32)33)20-11-17-24(42-13-27(17,2)26(34)39)22(36-20)14-5-7-16(30)8-6-14/h5-11,40H,4,12-13H2,1-3H3,(H2,34,39)(H,35,38)/t27-,28-/m0/s1. The van der Waals surface area contributed by atoms with Crippen molar-refractivity contribution in [2.24, 2.45) is 5.73 Å². The number of carbonyl (C=O) groups excluding carboxylic acids is 2. The number of carbonyl (C=O) groups is 2. The fourth-order valence-corrected chi connectivity index (χ4v) is 5.70. The number of halogens is 4. The lowest BCUT2D eigenvalue weighted by atomic mass is 9.81. The Kier molecular flexibility index (Phi) is 7.55. The van der Waals surface area contributed by atoms with E-state index in [1.54, 1.807) is 0 Å². The van der Waals surface area contributed by atoms with E-state index in [0.29, 0.717) is 16.6 Å². The first-order chi connectivity index (χ1) is 20.2. The van der Waals surface area contributed by atoms with Gasteiger partial charge in [-0.1, -0.05) is 6.92 Å². The van der Waals surface area contributed by atoms with E-state index in [1.165, 1.54) is 49.6 Å². The molecule has 226 valence electrons. The van der Waals surface area contributed by atoms with E-state index in [4.69, 9.17) is 15.2 Å². The molecule has 3 heterocycles. The molecule has 0 bridgehead atoms. The van der Waals surface area contributed by atoms with Gasteiger partial charge in [0.25, 0.3) is 5.91 Å². The van der Waals surface area contributed by atoms with Crippen molar-refractivity contribution >= 4 is 33.4 Å². The van der Waals surface area contributed by atoms with Crippen molar-refractivity contribution in [3.8, 4) is 22.8 Å². The van der Waals surface area contributed by atoms with Crippen LogP contribution in [0.4, 0.5) is 17.6 Å². The van der Waals surface area contributed by atoms with Crippen LogP contribution in [0.1, 0.15) is 40.5 Å². The van der Waals surface area contributed by atoms with Gasteiger partial charge in [-0.25, -0.2) is 14.4 Å². The van der Waals surface area contributed by atoms with Gasteiger partial charge >= 0.3 is 6.18 Å². The minimum atomic E-state index is -5.35. The number of nitrogens with two attached hydrogens (primary N) is 1. The van der Waals surface area contributed by atoms with Gasteiger partial charge in [0, 0.05) is 16.7 Å². The molecule has 0 unspecified atom stereocenters. The minimum Gasteiger partial charge on any atom is -0.494 e. The lowest BCUT2D eigenvalue weighted by molar-refractivity contribution is -0.265. The molecule has 0 spiro atoms. The summed E-state index contributed by atoms with van der Waals surface area (Å²) in [5.41, 5.74) is -0.139. The fourth-order valence-electron chi connectivity index (χ4n) is 4.73. The highest BCUT2D eigenvalue weighted by Crippen LogP contribution is 2.47. The molecule has 1 aliphatic rings. The third-order valence-electron chi connectivity index (χ3n) is 7.42. The van der Waals surface area contributed by atoms with E-state index >= 15 is 0 Å². The van der Waals surface area contributed by atoms with Crippen LogP contribution in [-0.2, 0) is 22.2 Å². The molecule has 2 atom stereocenters. The third kappa shape index (κ3) is 5.14. The molecule has 2 amide bonds. The number of amides is 2. The maximum Gasteiger partial charge on any atom is 0.424 e. The Balaban J connectivity index is 1.58. The summed E-state index contributed by atoms with van der Waals surface area (Å²) in [5, 5.41) is 14.2. The molecular formula is C29H26F4N4O5S. The Bertz CT molecular complexity index is 1740. The first-order valence-electron chi connectivity index (χ1n) is 13.0. The number of nitrogens with zero attached hydrogens (tertiary/aromatic N) is 2. The summed E-state index contributed by atoms with van der Waals surface area (Å²) in [6.07, 6.45) is -4.71. The lowest BCUT2D eigenvalue weighted by Crippen LogP contribution is -2.51. The average Bonchev–Trinajstić information content (AvgIpc) is 3.56. The van der Waals surface area contributed by atoms with Crippen LogP contribution >= 0.6 is 11.3 Å². The molecule has 0 radical (unpaired) electrons. The number of methoxy groups -OCH3 is 1. The lowest BCUT2D eigenvalue weighted by Gasteiger charge is -2.31. The van der Waals surface area contributed by atoms with Crippen LogP contribution < -0.4 is 20.5 Å². The van der Waals surface area contributed by atoms with Gasteiger partial charge in [0.1, 0.15) is 40.5 Å². The molecule has 0 saturated heterocycles. The average molecular weight is 619 g/mol. The van der Waals surface area contributed by atoms with Gasteiger partial charge in [-0.2, -0.15) is 13.2 Å². The summed E-state index contributed by atoms with van der Waals surface area (Å²) < 4.78 is 69.2. The number of hydrogen-bond acceptors (Lipinski definition) is 8. The summed E-state index contributed by atoms with van der Waals surface area (Å²) >= 11 is 1.31. The Labute approximate surface area is 246 Å². The molecule has 43 heavy (non-hydrogen) atoms. The van der Waals surface area contributed by atoms with Crippen LogP contribution in [0.3, 0.4) is 0 Å². The van der Waals surface area contributed by atoms with Crippen LogP contribution in [0.25, 0.3) is 21.5 Å². The molecular weight excluding hydrogens is 592 g/mol. The highest BCUT2D eigenvalue weighted by Gasteiger charge is 2.57. The van der Waals surface area contributed by atoms with Crippen molar-refractivity contribution in [1.29, 1.82) is 0 Å². The highest BCUT2D eigenvalue weighted by atomic mass is 32.1. The number of hydrogen-bond donors (Lipinski definition) is 3. The Hall–Kier alpha value is -4.30. The number of ether oxygens (including phenoxy) is 2. The number of rotatable bonds is 8. The van der Waals surface area contributed by atoms with Crippen molar-refractivity contribution in [3.05, 3.63) is 70.1 Å². The van der Waals surface area contributed by atoms with E-state index < -0.39 is 47.1 Å². The second kappa shape index (κ2) is 10.8. The van der Waals surface area contributed by atoms with Crippen LogP contribution in [0.15, 0.2) is 42.5 Å². The summed E-state index contributed by atoms with van der Waals surface area (Å²) in [6, 6.07) is 8.42. The zero-order valence-electron chi connectivity index (χ0n) is 23.1. The number of benzene rings is 2. The maximum absolute atomic E-state index is 14.7. The largest absolute Gasteiger partial charge is 0.494 e. The molecule has 9 nitrogen and oxygen atoms in total. The van der Waals surface area contributed by atoms with Gasteiger partial charge in [-0.05, 0) is 55.8 Å². The van der Waals surface area contributed by atoms with Crippen LogP contribution in [0, 0.1) is 5.82 Å². The number of nitrogens with one attached hydrogen (secondary N) is 1. The molecule has 2 aromatic heterocycles. The van der Waals surface area contributed by atoms with E-state index in [2.05, 4.69) is 15.3 Å². The predicted octanol–water partition coefficient (Wildman–Crippen LogP) is 4.38. The smallest absolute Gasteiger partial charge is 0.424 e. The molecule has 5 rings (SSSR count). The molecule has 4 aromatic rings. The van der Waals surface area contributed by atoms with Crippen molar-refractivity contribution in [1.82, 2.24) is 15.3 Å². The zero-order valence-corrected chi connectivity index (χ0v) is 24.0. The van der Waals surface area contributed by atoms with Crippen LogP contribution in [0.2, 0.25) is 0 Å². The maximum atomic E-state index is 14.7. The summed E-state index contributed by atoms with van der Waals surface area (Å²) in [4.78, 5) is 34.1. The highest BCUT2D eigenvalue weighted by molar-refractivity contribution is 7.18. The van der Waals surface area contributed by atoms with E-state index in [0.717, 1.165) is 23.2 Å². The Morgan fingerprint density at radius 1 is 1.19 bits per heavy atom. The monoisotopic (exact) mass is 618 g/mol. The van der Waals surface area contributed by atoms with E-state index in [-0.39, 0.29) is 40.5 Å². The molecule has 14 heteroatoms. The summed E-state index contributed by atoms with van der Waals surface area (Å²) in [5.74, 6) is -2.16. The van der Waals surface area contributed by atoms with Gasteiger partial charge in [0.05, 0.1) is 29.1 Å². The molecule has 1 aliphatic heterocycles. The normalized spacial score (nSPS) is 17.7. The van der Waals surface area contributed by atoms with Crippen LogP contribution in [-0.4, -0.2) is 53.3 Å². The van der Waals surface area contributed by atoms with Gasteiger partial charge in [0.15, 0.2) is 0 Å². The molecule has 4 N–H and O–H groups in total. The second-order valence-electron chi connectivity index (χ2n) is 10.3. The van der Waals surface area contributed by atoms with E-state index in [1.807, 2.05) is 6.92 Å². The third-order valence-corrected chi connectivity index (χ3v) is 8.57. The van der Waals surface area contributed by atoms with Gasteiger partial charge in [0.2, 0.25) is 11.5 Å². The Morgan fingerprint density at radius 3 is 2.49 bits per heavy atom. The minimum absolute atomic E-state index is 0.0104. The van der Waals surface area contributed by atoms with Crippen molar-refractivity contribution in [2.45, 2.75) is 37.5 Å². The number of aryl methyl sites for hydroxylation is 1. The van der Waals surface area contributed by atoms with E-state index in [9.17, 15) is 32.3 Å². The molecule has 0 saturated carbocycles. The predicted molar refractivity (Wildman–Crippen MR) is 150 cm³/mol. The van der Waals surface area contributed by atoms with Crippen molar-refractivity contribution in [3.63, 3.8) is 0 Å². The number of aromatic nitrogens is 2. The summed E-state index contributed by atoms with van der Waals surface area (Å²) in [6.45, 7) is 1.67. The molecule has 0 fully saturated rings. The summed E-state index contributed by atoms with van der Waals surface area (Å²) in [7, 11) is 1.38. The molecule has 2 aromatic carbocycles. The number of alkyl halides is 3. The molecule has 0 aliphatic carbocycles. The second-order valence-corrected chi connectivity index (χ2v) is 11.4. The van der Waals surface area contributed by atoms with Gasteiger partial charge in [-0.3, -0.25) is 9.59 Å². The van der Waals surface area contributed by atoms with Crippen LogP contribution in [0.5, 0.6) is 11.5 Å². The van der Waals surface area contributed by atoms with Crippen molar-refractivity contribution < 1.29 is 41.7 Å². The number of pyridine rings is 1. The number of aliphatic hydroxyl groups is 1. The number of fused-ring (bicyclic) bond motifs is 2. The van der Waals surface area contributed by atoms with Gasteiger partial charge < -0.3 is 25.6 Å². The first-order valence-corrected chi connectivity index (χ1v) is 13.8. The topological polar surface area (TPSA) is 137 Å². The quantitative estimate of drug-likeness (QED) is 0.249. The Morgan fingerprint density at radius 2 is 1.88 bits per heavy atom. The SMILES string of the molecule is CCc1nc2c(OC)cc(C(=O)NC[C@](O)(c3cc4c(c(-c5ccc(F)cc5)n3)OC[C@]4(C)C(N)=O)C(F)(F)F)cc2s1. The van der Waals surface area contributed by atoms with Crippen molar-refractivity contribution in [2.75, 3.05) is 20.3 Å². The fraction of sp³-hybridized carbons (Fsp3) is 0.310.